The third kappa shape index (κ3) is 4.98. The van der Waals surface area contributed by atoms with E-state index in [9.17, 15) is 18.0 Å². The number of hydrogen-bond acceptors (Lipinski definition) is 3. The van der Waals surface area contributed by atoms with Crippen molar-refractivity contribution in [3.63, 3.8) is 0 Å². The zero-order valence-corrected chi connectivity index (χ0v) is 12.4. The van der Waals surface area contributed by atoms with Gasteiger partial charge in [0.15, 0.2) is 0 Å². The minimum Gasteiger partial charge on any atom is -0.490 e. The molecule has 1 saturated heterocycles. The van der Waals surface area contributed by atoms with E-state index in [1.807, 2.05) is 0 Å². The summed E-state index contributed by atoms with van der Waals surface area (Å²) in [5, 5.41) is 0. The second-order valence-corrected chi connectivity index (χ2v) is 5.12. The third-order valence-corrected chi connectivity index (χ3v) is 3.50. The van der Waals surface area contributed by atoms with Gasteiger partial charge in [0.1, 0.15) is 23.5 Å². The maximum Gasteiger partial charge on any atom is 0.573 e. The average molecular weight is 338 g/mol. The summed E-state index contributed by atoms with van der Waals surface area (Å²) < 4.78 is 45.6. The van der Waals surface area contributed by atoms with Crippen molar-refractivity contribution in [1.82, 2.24) is 4.90 Å². The fraction of sp³-hybridized carbons (Fsp3) is 0.500. The van der Waals surface area contributed by atoms with Gasteiger partial charge in [-0.25, -0.2) is 0 Å². The SMILES string of the molecule is O=C(CCl)N1CCC(Oc2ccc(OC(F)(F)F)cc2)CC1. The molecular formula is C14H15ClF3NO3. The van der Waals surface area contributed by atoms with Gasteiger partial charge in [-0.15, -0.1) is 24.8 Å². The Morgan fingerprint density at radius 2 is 1.73 bits per heavy atom. The summed E-state index contributed by atoms with van der Waals surface area (Å²) in [4.78, 5) is 13.1. The van der Waals surface area contributed by atoms with Crippen LogP contribution in [0.25, 0.3) is 0 Å². The molecule has 0 saturated carbocycles. The molecule has 122 valence electrons. The highest BCUT2D eigenvalue weighted by molar-refractivity contribution is 6.27. The minimum atomic E-state index is -4.70. The lowest BCUT2D eigenvalue weighted by molar-refractivity contribution is -0.274. The number of piperidine rings is 1. The summed E-state index contributed by atoms with van der Waals surface area (Å²) in [7, 11) is 0. The maximum atomic E-state index is 12.1. The predicted octanol–water partition coefficient (Wildman–Crippen LogP) is 3.19. The number of carbonyl (C=O) groups is 1. The van der Waals surface area contributed by atoms with E-state index in [0.29, 0.717) is 31.7 Å². The number of amides is 1. The van der Waals surface area contributed by atoms with Crippen molar-refractivity contribution in [3.05, 3.63) is 24.3 Å². The van der Waals surface area contributed by atoms with Crippen LogP contribution in [0.5, 0.6) is 11.5 Å². The van der Waals surface area contributed by atoms with E-state index in [0.717, 1.165) is 0 Å². The molecule has 1 aromatic carbocycles. The number of ether oxygens (including phenoxy) is 2. The van der Waals surface area contributed by atoms with Crippen molar-refractivity contribution in [2.24, 2.45) is 0 Å². The van der Waals surface area contributed by atoms with Crippen LogP contribution in [0.2, 0.25) is 0 Å². The van der Waals surface area contributed by atoms with E-state index in [2.05, 4.69) is 4.74 Å². The molecule has 0 N–H and O–H groups in total. The van der Waals surface area contributed by atoms with Crippen LogP contribution in [-0.4, -0.2) is 42.2 Å². The molecule has 0 unspecified atom stereocenters. The number of halogens is 4. The molecule has 1 aromatic rings. The summed E-state index contributed by atoms with van der Waals surface area (Å²) in [6.45, 7) is 1.12. The maximum absolute atomic E-state index is 12.1. The third-order valence-electron chi connectivity index (χ3n) is 3.27. The molecule has 0 aromatic heterocycles. The van der Waals surface area contributed by atoms with Crippen LogP contribution in [0, 0.1) is 0 Å². The lowest BCUT2D eigenvalue weighted by atomic mass is 10.1. The second kappa shape index (κ2) is 7.09. The topological polar surface area (TPSA) is 38.8 Å². The molecule has 1 fully saturated rings. The lowest BCUT2D eigenvalue weighted by Gasteiger charge is -2.31. The van der Waals surface area contributed by atoms with Crippen molar-refractivity contribution < 1.29 is 27.4 Å². The number of hydrogen-bond donors (Lipinski definition) is 0. The highest BCUT2D eigenvalue weighted by atomic mass is 35.5. The van der Waals surface area contributed by atoms with Gasteiger partial charge in [-0.1, -0.05) is 0 Å². The van der Waals surface area contributed by atoms with E-state index in [4.69, 9.17) is 16.3 Å². The molecule has 2 rings (SSSR count). The first-order valence-corrected chi connectivity index (χ1v) is 7.27. The number of nitrogens with zero attached hydrogens (tertiary/aromatic N) is 1. The van der Waals surface area contributed by atoms with Gasteiger partial charge in [0, 0.05) is 25.9 Å². The van der Waals surface area contributed by atoms with Crippen LogP contribution >= 0.6 is 11.6 Å². The van der Waals surface area contributed by atoms with E-state index < -0.39 is 6.36 Å². The Morgan fingerprint density at radius 3 is 2.23 bits per heavy atom. The Morgan fingerprint density at radius 1 is 1.18 bits per heavy atom. The number of rotatable bonds is 4. The van der Waals surface area contributed by atoms with Gasteiger partial charge in [-0.05, 0) is 24.3 Å². The fourth-order valence-corrected chi connectivity index (χ4v) is 2.39. The predicted molar refractivity (Wildman–Crippen MR) is 74.1 cm³/mol. The highest BCUT2D eigenvalue weighted by Crippen LogP contribution is 2.26. The molecule has 4 nitrogen and oxygen atoms in total. The Bertz CT molecular complexity index is 499. The standard InChI is InChI=1S/C14H15ClF3NO3/c15-9-13(20)19-7-5-11(6-8-19)21-10-1-3-12(4-2-10)22-14(16,17)18/h1-4,11H,5-9H2. The van der Waals surface area contributed by atoms with Crippen molar-refractivity contribution >= 4 is 17.5 Å². The van der Waals surface area contributed by atoms with Crippen molar-refractivity contribution in [3.8, 4) is 11.5 Å². The first-order valence-electron chi connectivity index (χ1n) is 6.73. The average Bonchev–Trinajstić information content (AvgIpc) is 2.48. The molecule has 0 radical (unpaired) electrons. The molecule has 1 aliphatic heterocycles. The minimum absolute atomic E-state index is 0.0355. The van der Waals surface area contributed by atoms with Gasteiger partial charge in [0.25, 0.3) is 0 Å². The summed E-state index contributed by atoms with van der Waals surface area (Å²) in [6.07, 6.45) is -3.47. The molecule has 1 aliphatic rings. The van der Waals surface area contributed by atoms with Gasteiger partial charge in [0.2, 0.25) is 5.91 Å². The molecule has 0 spiro atoms. The molecule has 0 atom stereocenters. The Hall–Kier alpha value is -1.63. The largest absolute Gasteiger partial charge is 0.573 e. The molecule has 1 heterocycles. The van der Waals surface area contributed by atoms with Gasteiger partial charge >= 0.3 is 6.36 Å². The quantitative estimate of drug-likeness (QED) is 0.792. The summed E-state index contributed by atoms with van der Waals surface area (Å²) in [5.74, 6) is 0.0411. The zero-order valence-electron chi connectivity index (χ0n) is 11.6. The number of alkyl halides is 4. The molecular weight excluding hydrogens is 323 g/mol. The normalized spacial score (nSPS) is 16.5. The van der Waals surface area contributed by atoms with Gasteiger partial charge in [-0.2, -0.15) is 0 Å². The van der Waals surface area contributed by atoms with Gasteiger partial charge in [0.05, 0.1) is 0 Å². The first-order chi connectivity index (χ1) is 10.4. The number of likely N-dealkylation sites (tertiary alicyclic amines) is 1. The van der Waals surface area contributed by atoms with Crippen LogP contribution in [-0.2, 0) is 4.79 Å². The first kappa shape index (κ1) is 16.7. The van der Waals surface area contributed by atoms with E-state index in [-0.39, 0.29) is 23.6 Å². The smallest absolute Gasteiger partial charge is 0.490 e. The Kier molecular flexibility index (Phi) is 5.39. The molecule has 1 amide bonds. The highest BCUT2D eigenvalue weighted by Gasteiger charge is 2.31. The van der Waals surface area contributed by atoms with Crippen LogP contribution in [0.3, 0.4) is 0 Å². The van der Waals surface area contributed by atoms with Crippen LogP contribution < -0.4 is 9.47 Å². The summed E-state index contributed by atoms with van der Waals surface area (Å²) in [5.41, 5.74) is 0. The molecule has 22 heavy (non-hydrogen) atoms. The fourth-order valence-electron chi connectivity index (χ4n) is 2.22. The van der Waals surface area contributed by atoms with Crippen LogP contribution in [0.1, 0.15) is 12.8 Å². The van der Waals surface area contributed by atoms with E-state index in [1.54, 1.807) is 4.90 Å². The van der Waals surface area contributed by atoms with Crippen LogP contribution in [0.4, 0.5) is 13.2 Å². The Balaban J connectivity index is 1.84. The molecule has 8 heteroatoms. The molecule has 0 bridgehead atoms. The second-order valence-electron chi connectivity index (χ2n) is 4.85. The zero-order chi connectivity index (χ0) is 16.2. The summed E-state index contributed by atoms with van der Waals surface area (Å²) >= 11 is 5.50. The summed E-state index contributed by atoms with van der Waals surface area (Å²) in [6, 6.07) is 5.26. The van der Waals surface area contributed by atoms with Crippen LogP contribution in [0.15, 0.2) is 24.3 Å². The number of carbonyl (C=O) groups excluding carboxylic acids is 1. The van der Waals surface area contributed by atoms with E-state index >= 15 is 0 Å². The van der Waals surface area contributed by atoms with Gasteiger partial charge in [-0.3, -0.25) is 4.79 Å². The Labute approximate surface area is 130 Å². The van der Waals surface area contributed by atoms with Gasteiger partial charge < -0.3 is 14.4 Å². The van der Waals surface area contributed by atoms with Crippen molar-refractivity contribution in [2.75, 3.05) is 19.0 Å². The van der Waals surface area contributed by atoms with Crippen molar-refractivity contribution in [1.29, 1.82) is 0 Å². The number of benzene rings is 1. The monoisotopic (exact) mass is 337 g/mol. The van der Waals surface area contributed by atoms with E-state index in [1.165, 1.54) is 24.3 Å². The molecule has 0 aliphatic carbocycles. The van der Waals surface area contributed by atoms with Crippen molar-refractivity contribution in [2.45, 2.75) is 25.3 Å². The lowest BCUT2D eigenvalue weighted by Crippen LogP contribution is -2.42.